The van der Waals surface area contributed by atoms with Crippen molar-refractivity contribution >= 4 is 11.6 Å². The van der Waals surface area contributed by atoms with Crippen LogP contribution < -0.4 is 4.74 Å². The van der Waals surface area contributed by atoms with Gasteiger partial charge in [0.25, 0.3) is 5.91 Å². The Morgan fingerprint density at radius 3 is 2.57 bits per heavy atom. The van der Waals surface area contributed by atoms with Crippen LogP contribution in [0, 0.1) is 18.3 Å². The van der Waals surface area contributed by atoms with Gasteiger partial charge >= 0.3 is 6.18 Å². The largest absolute Gasteiger partial charge is 0.497 e. The number of rotatable bonds is 6. The van der Waals surface area contributed by atoms with Gasteiger partial charge in [-0.1, -0.05) is 12.1 Å². The number of ether oxygens (including phenoxy) is 1. The van der Waals surface area contributed by atoms with Gasteiger partial charge in [-0.3, -0.25) is 9.69 Å². The highest BCUT2D eigenvalue weighted by Gasteiger charge is 2.39. The number of alkyl halides is 3. The topological polar surface area (TPSA) is 107 Å². The van der Waals surface area contributed by atoms with E-state index in [1.807, 2.05) is 17.9 Å². The summed E-state index contributed by atoms with van der Waals surface area (Å²) in [4.78, 5) is 21.9. The van der Waals surface area contributed by atoms with Gasteiger partial charge in [0, 0.05) is 36.8 Å². The molecule has 0 unspecified atom stereocenters. The van der Waals surface area contributed by atoms with Crippen LogP contribution in [0.25, 0.3) is 16.9 Å². The number of amides is 1. The highest BCUT2D eigenvalue weighted by atomic mass is 19.4. The number of benzene rings is 2. The molecule has 2 aromatic carbocycles. The molecule has 9 nitrogen and oxygen atoms in total. The first-order valence-corrected chi connectivity index (χ1v) is 13.3. The molecule has 5 rings (SSSR count). The second kappa shape index (κ2) is 11.4. The van der Waals surface area contributed by atoms with E-state index in [0.29, 0.717) is 34.5 Å². The molecule has 0 bridgehead atoms. The molecule has 4 aromatic rings. The maximum Gasteiger partial charge on any atom is 0.433 e. The van der Waals surface area contributed by atoms with Crippen LogP contribution in [0.1, 0.15) is 45.7 Å². The van der Waals surface area contributed by atoms with E-state index < -0.39 is 17.8 Å². The van der Waals surface area contributed by atoms with Crippen molar-refractivity contribution in [2.24, 2.45) is 0 Å². The normalized spacial score (nSPS) is 16.8. The first-order valence-electron chi connectivity index (χ1n) is 13.3. The molecule has 1 aliphatic heterocycles. The predicted molar refractivity (Wildman–Crippen MR) is 148 cm³/mol. The number of carbonyl (C=O) groups excluding carboxylic acids is 1. The fourth-order valence-corrected chi connectivity index (χ4v) is 5.56. The van der Waals surface area contributed by atoms with E-state index in [0.717, 1.165) is 11.8 Å². The first-order chi connectivity index (χ1) is 20.1. The Bertz CT molecular complexity index is 1660. The Kier molecular flexibility index (Phi) is 7.90. The van der Waals surface area contributed by atoms with Gasteiger partial charge < -0.3 is 14.7 Å². The number of aliphatic hydroxyl groups excluding tert-OH is 1. The average Bonchev–Trinajstić information content (AvgIpc) is 3.39. The number of aromatic nitrogens is 3. The number of fused-ring (bicyclic) bond motifs is 1. The van der Waals surface area contributed by atoms with Crippen LogP contribution in [-0.4, -0.2) is 74.8 Å². The number of nitriles is 1. The summed E-state index contributed by atoms with van der Waals surface area (Å²) in [6.07, 6.45) is -3.61. The smallest absolute Gasteiger partial charge is 0.433 e. The maximum atomic E-state index is 14.3. The standard InChI is InChI=1S/C30H29F3N6O3/c1-18-16-37(25(17-40)22-6-4-5-20(13-22)14-34)11-12-38(18)29(41)24-15-35-39-27(30(31,32)33)19(2)26(36-28(24)39)21-7-9-23(42-3)10-8-21/h4-10,13,15,18,25,40H,11-12,16-17H2,1-3H3/t18-,25-/m1/s1. The summed E-state index contributed by atoms with van der Waals surface area (Å²) in [7, 11) is 1.49. The summed E-state index contributed by atoms with van der Waals surface area (Å²) in [5, 5.41) is 23.4. The minimum atomic E-state index is -4.75. The van der Waals surface area contributed by atoms with E-state index in [1.54, 1.807) is 47.4 Å². The van der Waals surface area contributed by atoms with Crippen molar-refractivity contribution in [3.05, 3.63) is 82.7 Å². The second-order valence-corrected chi connectivity index (χ2v) is 10.2. The molecule has 1 fully saturated rings. The van der Waals surface area contributed by atoms with Crippen LogP contribution in [0.5, 0.6) is 5.75 Å². The maximum absolute atomic E-state index is 14.3. The molecule has 0 saturated carbocycles. The molecule has 1 saturated heterocycles. The fourth-order valence-electron chi connectivity index (χ4n) is 5.56. The molecule has 1 amide bonds. The summed E-state index contributed by atoms with van der Waals surface area (Å²) >= 11 is 0. The number of aliphatic hydroxyl groups is 1. The summed E-state index contributed by atoms with van der Waals surface area (Å²) < 4.78 is 48.8. The van der Waals surface area contributed by atoms with E-state index in [9.17, 15) is 28.3 Å². The Labute approximate surface area is 240 Å². The number of methoxy groups -OCH3 is 1. The zero-order valence-electron chi connectivity index (χ0n) is 23.3. The van der Waals surface area contributed by atoms with E-state index in [-0.39, 0.29) is 47.7 Å². The SMILES string of the molecule is COc1ccc(-c2nc3c(C(=O)N4CCN([C@H](CO)c5cccc(C#N)c5)C[C@H]4C)cnn3c(C(F)(F)F)c2C)cc1. The molecule has 3 heterocycles. The van der Waals surface area contributed by atoms with Crippen molar-refractivity contribution in [3.8, 4) is 23.1 Å². The third-order valence-electron chi connectivity index (χ3n) is 7.68. The van der Waals surface area contributed by atoms with E-state index >= 15 is 0 Å². The van der Waals surface area contributed by atoms with Gasteiger partial charge in [-0.25, -0.2) is 9.50 Å². The zero-order valence-corrected chi connectivity index (χ0v) is 23.3. The fraction of sp³-hybridized carbons (Fsp3) is 0.333. The van der Waals surface area contributed by atoms with Crippen LogP contribution in [0.4, 0.5) is 13.2 Å². The molecular weight excluding hydrogens is 549 g/mol. The molecular formula is C30H29F3N6O3. The summed E-state index contributed by atoms with van der Waals surface area (Å²) in [5.74, 6) is 0.0671. The Balaban J connectivity index is 1.48. The van der Waals surface area contributed by atoms with Gasteiger partial charge in [-0.2, -0.15) is 23.5 Å². The van der Waals surface area contributed by atoms with Crippen LogP contribution in [0.15, 0.2) is 54.7 Å². The quantitative estimate of drug-likeness (QED) is 0.360. The Morgan fingerprint density at radius 2 is 1.95 bits per heavy atom. The van der Waals surface area contributed by atoms with Gasteiger partial charge in [0.15, 0.2) is 11.3 Å². The lowest BCUT2D eigenvalue weighted by atomic mass is 10.0. The van der Waals surface area contributed by atoms with Crippen LogP contribution >= 0.6 is 0 Å². The first kappa shape index (κ1) is 29.0. The zero-order chi connectivity index (χ0) is 30.2. The molecule has 0 aliphatic carbocycles. The van der Waals surface area contributed by atoms with Crippen LogP contribution in [-0.2, 0) is 6.18 Å². The lowest BCUT2D eigenvalue weighted by molar-refractivity contribution is -0.143. The molecule has 0 spiro atoms. The highest BCUT2D eigenvalue weighted by Crippen LogP contribution is 2.37. The second-order valence-electron chi connectivity index (χ2n) is 10.2. The van der Waals surface area contributed by atoms with E-state index in [1.165, 1.54) is 14.0 Å². The van der Waals surface area contributed by atoms with Crippen molar-refractivity contribution < 1.29 is 27.8 Å². The van der Waals surface area contributed by atoms with Crippen LogP contribution in [0.3, 0.4) is 0 Å². The molecule has 1 aliphatic rings. The minimum Gasteiger partial charge on any atom is -0.497 e. The summed E-state index contributed by atoms with van der Waals surface area (Å²) in [5.41, 5.74) is 0.484. The number of nitrogens with zero attached hydrogens (tertiary/aromatic N) is 6. The molecule has 218 valence electrons. The monoisotopic (exact) mass is 578 g/mol. The molecule has 2 atom stereocenters. The lowest BCUT2D eigenvalue weighted by Crippen LogP contribution is -2.55. The average molecular weight is 579 g/mol. The van der Waals surface area contributed by atoms with Gasteiger partial charge in [0.05, 0.1) is 43.3 Å². The molecule has 12 heteroatoms. The van der Waals surface area contributed by atoms with Crippen molar-refractivity contribution in [1.82, 2.24) is 24.4 Å². The number of hydrogen-bond donors (Lipinski definition) is 1. The van der Waals surface area contributed by atoms with Gasteiger partial charge in [0.1, 0.15) is 11.3 Å². The van der Waals surface area contributed by atoms with Crippen molar-refractivity contribution in [1.29, 1.82) is 5.26 Å². The highest BCUT2D eigenvalue weighted by molar-refractivity contribution is 6.00. The van der Waals surface area contributed by atoms with E-state index in [2.05, 4.69) is 16.2 Å². The van der Waals surface area contributed by atoms with Crippen LogP contribution in [0.2, 0.25) is 0 Å². The molecule has 0 radical (unpaired) electrons. The van der Waals surface area contributed by atoms with E-state index in [4.69, 9.17) is 4.74 Å². The van der Waals surface area contributed by atoms with Crippen molar-refractivity contribution in [2.45, 2.75) is 32.1 Å². The van der Waals surface area contributed by atoms with Crippen molar-refractivity contribution in [3.63, 3.8) is 0 Å². The van der Waals surface area contributed by atoms with Gasteiger partial charge in [0.2, 0.25) is 0 Å². The number of piperazine rings is 1. The minimum absolute atomic E-state index is 0.0315. The summed E-state index contributed by atoms with van der Waals surface area (Å²) in [6, 6.07) is 14.9. The lowest BCUT2D eigenvalue weighted by Gasteiger charge is -2.43. The Hall–Kier alpha value is -4.47. The molecule has 42 heavy (non-hydrogen) atoms. The summed E-state index contributed by atoms with van der Waals surface area (Å²) in [6.45, 7) is 4.09. The van der Waals surface area contributed by atoms with Gasteiger partial charge in [-0.05, 0) is 55.8 Å². The predicted octanol–water partition coefficient (Wildman–Crippen LogP) is 4.48. The van der Waals surface area contributed by atoms with Crippen molar-refractivity contribution in [2.75, 3.05) is 33.4 Å². The third kappa shape index (κ3) is 5.29. The number of halogens is 3. The number of carbonyl (C=O) groups is 1. The number of hydrogen-bond acceptors (Lipinski definition) is 7. The molecule has 2 aromatic heterocycles. The Morgan fingerprint density at radius 1 is 1.21 bits per heavy atom. The molecule has 1 N–H and O–H groups in total. The van der Waals surface area contributed by atoms with Gasteiger partial charge in [-0.15, -0.1) is 0 Å². The third-order valence-corrected chi connectivity index (χ3v) is 7.68.